The molecule has 0 aliphatic heterocycles. The minimum absolute atomic E-state index is 0.0789. The van der Waals surface area contributed by atoms with Gasteiger partial charge in [0.1, 0.15) is 0 Å². The van der Waals surface area contributed by atoms with Gasteiger partial charge >= 0.3 is 0 Å². The summed E-state index contributed by atoms with van der Waals surface area (Å²) in [5.74, 6) is 1.12. The first-order valence-electron chi connectivity index (χ1n) is 9.80. The molecule has 1 aromatic heterocycles. The highest BCUT2D eigenvalue weighted by molar-refractivity contribution is 5.96. The number of nitrogens with zero attached hydrogens (tertiary/aromatic N) is 1. The first-order chi connectivity index (χ1) is 14.7. The van der Waals surface area contributed by atoms with E-state index in [1.807, 2.05) is 30.3 Å². The quantitative estimate of drug-likeness (QED) is 0.481. The Kier molecular flexibility index (Phi) is 5.70. The van der Waals surface area contributed by atoms with Crippen molar-refractivity contribution in [2.45, 2.75) is 13.0 Å². The summed E-state index contributed by atoms with van der Waals surface area (Å²) in [5, 5.41) is 4.05. The third kappa shape index (κ3) is 4.15. The van der Waals surface area contributed by atoms with Gasteiger partial charge in [0.2, 0.25) is 5.91 Å². The molecule has 1 heterocycles. The highest BCUT2D eigenvalue weighted by atomic mass is 16.5. The monoisotopic (exact) mass is 400 g/mol. The molecule has 0 aliphatic carbocycles. The Morgan fingerprint density at radius 1 is 0.900 bits per heavy atom. The van der Waals surface area contributed by atoms with Crippen LogP contribution in [-0.2, 0) is 17.8 Å². The van der Waals surface area contributed by atoms with E-state index in [0.29, 0.717) is 17.2 Å². The first kappa shape index (κ1) is 19.6. The van der Waals surface area contributed by atoms with Gasteiger partial charge in [-0.05, 0) is 29.3 Å². The molecular formula is C25H24N2O3. The van der Waals surface area contributed by atoms with Crippen LogP contribution in [-0.4, -0.2) is 24.7 Å². The Morgan fingerprint density at radius 3 is 2.40 bits per heavy atom. The van der Waals surface area contributed by atoms with Crippen molar-refractivity contribution >= 4 is 22.5 Å². The maximum atomic E-state index is 12.8. The van der Waals surface area contributed by atoms with Crippen molar-refractivity contribution in [1.29, 1.82) is 0 Å². The number of carbonyl (C=O) groups excluding carboxylic acids is 1. The van der Waals surface area contributed by atoms with E-state index in [1.54, 1.807) is 32.4 Å². The van der Waals surface area contributed by atoms with Crippen molar-refractivity contribution in [3.05, 3.63) is 90.1 Å². The smallest absolute Gasteiger partial charge is 0.228 e. The molecule has 30 heavy (non-hydrogen) atoms. The fraction of sp³-hybridized carbons (Fsp3) is 0.160. The number of anilines is 1. The number of hydrogen-bond donors (Lipinski definition) is 1. The Balaban J connectivity index is 1.56. The number of amides is 1. The van der Waals surface area contributed by atoms with E-state index in [4.69, 9.17) is 9.47 Å². The average molecular weight is 400 g/mol. The molecule has 0 saturated carbocycles. The molecule has 4 aromatic rings. The van der Waals surface area contributed by atoms with Crippen LogP contribution in [0.25, 0.3) is 10.9 Å². The zero-order valence-electron chi connectivity index (χ0n) is 17.1. The zero-order chi connectivity index (χ0) is 20.9. The summed E-state index contributed by atoms with van der Waals surface area (Å²) in [6.45, 7) is 0.763. The van der Waals surface area contributed by atoms with Gasteiger partial charge in [0, 0.05) is 35.4 Å². The highest BCUT2D eigenvalue weighted by Gasteiger charge is 2.13. The Hall–Kier alpha value is -3.73. The van der Waals surface area contributed by atoms with Crippen molar-refractivity contribution < 1.29 is 14.3 Å². The van der Waals surface area contributed by atoms with Crippen LogP contribution < -0.4 is 14.8 Å². The molecule has 0 saturated heterocycles. The number of nitrogens with one attached hydrogen (secondary N) is 1. The van der Waals surface area contributed by atoms with Gasteiger partial charge in [0.25, 0.3) is 0 Å². The Labute approximate surface area is 175 Å². The fourth-order valence-electron chi connectivity index (χ4n) is 3.67. The molecule has 1 amide bonds. The first-order valence-corrected chi connectivity index (χ1v) is 9.80. The van der Waals surface area contributed by atoms with Crippen molar-refractivity contribution in [3.63, 3.8) is 0 Å². The summed E-state index contributed by atoms with van der Waals surface area (Å²) >= 11 is 0. The van der Waals surface area contributed by atoms with Gasteiger partial charge in [-0.1, -0.05) is 48.5 Å². The van der Waals surface area contributed by atoms with Crippen molar-refractivity contribution in [2.24, 2.45) is 0 Å². The van der Waals surface area contributed by atoms with Gasteiger partial charge in [-0.2, -0.15) is 0 Å². The molecule has 0 unspecified atom stereocenters. The number of ether oxygens (including phenoxy) is 2. The molecule has 3 aromatic carbocycles. The van der Waals surface area contributed by atoms with Gasteiger partial charge in [0.15, 0.2) is 11.5 Å². The normalized spacial score (nSPS) is 10.7. The second-order valence-corrected chi connectivity index (χ2v) is 7.08. The van der Waals surface area contributed by atoms with E-state index in [1.165, 1.54) is 5.56 Å². The number of methoxy groups -OCH3 is 2. The number of rotatable bonds is 7. The molecule has 0 radical (unpaired) electrons. The number of hydrogen-bond acceptors (Lipinski definition) is 3. The maximum absolute atomic E-state index is 12.8. The number of para-hydroxylation sites is 1. The lowest BCUT2D eigenvalue weighted by Gasteiger charge is -2.10. The third-order valence-corrected chi connectivity index (χ3v) is 5.09. The van der Waals surface area contributed by atoms with Crippen LogP contribution in [0.4, 0.5) is 5.69 Å². The summed E-state index contributed by atoms with van der Waals surface area (Å²) in [7, 11) is 3.16. The fourth-order valence-corrected chi connectivity index (χ4v) is 3.67. The highest BCUT2D eigenvalue weighted by Crippen LogP contribution is 2.30. The van der Waals surface area contributed by atoms with Crippen molar-refractivity contribution in [1.82, 2.24) is 4.57 Å². The predicted molar refractivity (Wildman–Crippen MR) is 119 cm³/mol. The molecule has 4 rings (SSSR count). The largest absolute Gasteiger partial charge is 0.493 e. The van der Waals surface area contributed by atoms with Crippen LogP contribution in [0.1, 0.15) is 11.1 Å². The molecule has 152 valence electrons. The van der Waals surface area contributed by atoms with Crippen LogP contribution in [0.15, 0.2) is 79.0 Å². The third-order valence-electron chi connectivity index (χ3n) is 5.09. The second kappa shape index (κ2) is 8.74. The summed E-state index contributed by atoms with van der Waals surface area (Å²) in [4.78, 5) is 12.8. The van der Waals surface area contributed by atoms with Crippen molar-refractivity contribution in [2.75, 3.05) is 19.5 Å². The van der Waals surface area contributed by atoms with Crippen LogP contribution in [0, 0.1) is 0 Å². The SMILES string of the molecule is COc1ccc(NC(=O)Cc2cn(Cc3ccccc3)c3ccccc23)cc1OC. The van der Waals surface area contributed by atoms with Crippen LogP contribution in [0.5, 0.6) is 11.5 Å². The standard InChI is InChI=1S/C25H24N2O3/c1-29-23-13-12-20(15-24(23)30-2)26-25(28)14-19-17-27(16-18-8-4-3-5-9-18)22-11-7-6-10-21(19)22/h3-13,15,17H,14,16H2,1-2H3,(H,26,28). The van der Waals surface area contributed by atoms with E-state index < -0.39 is 0 Å². The number of benzene rings is 3. The number of carbonyl (C=O) groups is 1. The molecule has 1 N–H and O–H groups in total. The van der Waals surface area contributed by atoms with Crippen molar-refractivity contribution in [3.8, 4) is 11.5 Å². The molecule has 0 fully saturated rings. The lowest BCUT2D eigenvalue weighted by molar-refractivity contribution is -0.115. The molecule has 5 heteroatoms. The molecular weight excluding hydrogens is 376 g/mol. The van der Waals surface area contributed by atoms with E-state index in [2.05, 4.69) is 40.3 Å². The van der Waals surface area contributed by atoms with Gasteiger partial charge in [-0.15, -0.1) is 0 Å². The van der Waals surface area contributed by atoms with Gasteiger partial charge in [-0.25, -0.2) is 0 Å². The van der Waals surface area contributed by atoms with Crippen LogP contribution >= 0.6 is 0 Å². The van der Waals surface area contributed by atoms with Gasteiger partial charge < -0.3 is 19.4 Å². The average Bonchev–Trinajstić information content (AvgIpc) is 3.11. The zero-order valence-corrected chi connectivity index (χ0v) is 17.1. The minimum Gasteiger partial charge on any atom is -0.493 e. The summed E-state index contributed by atoms with van der Waals surface area (Å²) in [6.07, 6.45) is 2.36. The molecule has 5 nitrogen and oxygen atoms in total. The molecule has 0 atom stereocenters. The van der Waals surface area contributed by atoms with E-state index >= 15 is 0 Å². The van der Waals surface area contributed by atoms with Crippen LogP contribution in [0.2, 0.25) is 0 Å². The minimum atomic E-state index is -0.0789. The Bertz CT molecular complexity index is 1170. The summed E-state index contributed by atoms with van der Waals surface area (Å²) in [5.41, 5.74) is 4.01. The molecule has 0 spiro atoms. The second-order valence-electron chi connectivity index (χ2n) is 7.08. The maximum Gasteiger partial charge on any atom is 0.228 e. The van der Waals surface area contributed by atoms with E-state index in [0.717, 1.165) is 23.0 Å². The Morgan fingerprint density at radius 2 is 1.63 bits per heavy atom. The predicted octanol–water partition coefficient (Wildman–Crippen LogP) is 4.89. The topological polar surface area (TPSA) is 52.5 Å². The lowest BCUT2D eigenvalue weighted by Crippen LogP contribution is -2.14. The van der Waals surface area contributed by atoms with Gasteiger partial charge in [0.05, 0.1) is 20.6 Å². The number of fused-ring (bicyclic) bond motifs is 1. The van der Waals surface area contributed by atoms with E-state index in [-0.39, 0.29) is 12.3 Å². The number of aromatic nitrogens is 1. The molecule has 0 aliphatic rings. The van der Waals surface area contributed by atoms with Gasteiger partial charge in [-0.3, -0.25) is 4.79 Å². The summed E-state index contributed by atoms with van der Waals surface area (Å²) < 4.78 is 12.8. The lowest BCUT2D eigenvalue weighted by atomic mass is 10.1. The molecule has 0 bridgehead atoms. The summed E-state index contributed by atoms with van der Waals surface area (Å²) in [6, 6.07) is 23.8. The van der Waals surface area contributed by atoms with E-state index in [9.17, 15) is 4.79 Å². The van der Waals surface area contributed by atoms with Crippen LogP contribution in [0.3, 0.4) is 0 Å².